The molecule has 0 fully saturated rings. The first-order valence-corrected chi connectivity index (χ1v) is 7.94. The maximum atomic E-state index is 13.1. The van der Waals surface area contributed by atoms with Gasteiger partial charge < -0.3 is 0 Å². The quantitative estimate of drug-likeness (QED) is 0.437. The molecule has 23 heavy (non-hydrogen) atoms. The van der Waals surface area contributed by atoms with Crippen molar-refractivity contribution in [3.63, 3.8) is 0 Å². The number of amides is 1. The molecule has 0 unspecified atom stereocenters. The molecule has 0 aliphatic rings. The average molecular weight is 349 g/mol. The zero-order chi connectivity index (χ0) is 16.4. The number of nitrogens with one attached hydrogen (secondary N) is 1. The Hall–Kier alpha value is -2.65. The fourth-order valence-electron chi connectivity index (χ4n) is 1.79. The Kier molecular flexibility index (Phi) is 4.13. The van der Waals surface area contributed by atoms with Crippen LogP contribution in [0.25, 0.3) is 16.3 Å². The lowest BCUT2D eigenvalue weighted by Gasteiger charge is -1.94. The van der Waals surface area contributed by atoms with Crippen molar-refractivity contribution < 1.29 is 14.1 Å². The molecular formula is C14H8FN3O3S2. The van der Waals surface area contributed by atoms with Gasteiger partial charge in [0.05, 0.1) is 15.1 Å². The molecule has 3 rings (SSSR count). The molecule has 1 aromatic carbocycles. The van der Waals surface area contributed by atoms with Gasteiger partial charge in [0.15, 0.2) is 5.13 Å². The lowest BCUT2D eigenvalue weighted by atomic mass is 10.3. The van der Waals surface area contributed by atoms with Crippen molar-refractivity contribution in [2.45, 2.75) is 0 Å². The van der Waals surface area contributed by atoms with E-state index in [0.717, 1.165) is 11.3 Å². The van der Waals surface area contributed by atoms with Crippen LogP contribution in [0.4, 0.5) is 14.5 Å². The van der Waals surface area contributed by atoms with E-state index in [0.29, 0.717) is 20.2 Å². The van der Waals surface area contributed by atoms with E-state index in [4.69, 9.17) is 0 Å². The molecule has 0 saturated heterocycles. The molecule has 9 heteroatoms. The number of anilines is 1. The second-order valence-electron chi connectivity index (χ2n) is 4.39. The third kappa shape index (κ3) is 3.58. The smallest absolute Gasteiger partial charge is 0.298 e. The van der Waals surface area contributed by atoms with Gasteiger partial charge in [-0.05, 0) is 30.3 Å². The second kappa shape index (κ2) is 6.23. The van der Waals surface area contributed by atoms with E-state index in [-0.39, 0.29) is 10.8 Å². The molecule has 0 bridgehead atoms. The minimum Gasteiger partial charge on any atom is -0.298 e. The number of nitrogens with zero attached hydrogens (tertiary/aromatic N) is 2. The molecule has 0 aliphatic heterocycles. The number of benzene rings is 1. The highest BCUT2D eigenvalue weighted by Gasteiger charge is 2.09. The Morgan fingerprint density at radius 3 is 2.87 bits per heavy atom. The Balaban J connectivity index is 1.69. The maximum absolute atomic E-state index is 13.1. The lowest BCUT2D eigenvalue weighted by Crippen LogP contribution is -2.06. The minimum atomic E-state index is -0.484. The Morgan fingerprint density at radius 1 is 1.30 bits per heavy atom. The Labute approximate surface area is 137 Å². The van der Waals surface area contributed by atoms with Crippen LogP contribution in [0, 0.1) is 15.9 Å². The predicted octanol–water partition coefficient (Wildman–Crippen LogP) is 4.06. The largest absolute Gasteiger partial charge is 0.324 e. The first kappa shape index (κ1) is 15.3. The van der Waals surface area contributed by atoms with Crippen molar-refractivity contribution in [1.82, 2.24) is 4.98 Å². The number of thiophene rings is 1. The van der Waals surface area contributed by atoms with Crippen LogP contribution in [0.5, 0.6) is 0 Å². The number of hydrogen-bond acceptors (Lipinski definition) is 6. The van der Waals surface area contributed by atoms with Crippen molar-refractivity contribution in [2.24, 2.45) is 0 Å². The molecule has 2 aromatic heterocycles. The highest BCUT2D eigenvalue weighted by atomic mass is 32.1. The standard InChI is InChI=1S/C14H8FN3O3S2/c15-8-1-4-10-11(7-8)23-14(16-10)17-12(19)5-2-9-3-6-13(22-9)18(20)21/h1-7H,(H,16,17,19). The van der Waals surface area contributed by atoms with Crippen LogP contribution in [0.1, 0.15) is 4.88 Å². The molecule has 0 spiro atoms. The van der Waals surface area contributed by atoms with Crippen molar-refractivity contribution in [1.29, 1.82) is 0 Å². The predicted molar refractivity (Wildman–Crippen MR) is 88.2 cm³/mol. The number of fused-ring (bicyclic) bond motifs is 1. The number of rotatable bonds is 4. The molecule has 6 nitrogen and oxygen atoms in total. The first-order chi connectivity index (χ1) is 11.0. The van der Waals surface area contributed by atoms with E-state index in [2.05, 4.69) is 10.3 Å². The summed E-state index contributed by atoms with van der Waals surface area (Å²) >= 11 is 2.14. The van der Waals surface area contributed by atoms with E-state index in [1.54, 1.807) is 6.07 Å². The van der Waals surface area contributed by atoms with Gasteiger partial charge in [0.2, 0.25) is 5.91 Å². The topological polar surface area (TPSA) is 85.1 Å². The van der Waals surface area contributed by atoms with Crippen LogP contribution in [0.15, 0.2) is 36.4 Å². The van der Waals surface area contributed by atoms with Crippen molar-refractivity contribution in [3.05, 3.63) is 57.2 Å². The zero-order valence-electron chi connectivity index (χ0n) is 11.4. The monoisotopic (exact) mass is 349 g/mol. The molecule has 0 atom stereocenters. The van der Waals surface area contributed by atoms with Crippen LogP contribution in [-0.4, -0.2) is 15.8 Å². The summed E-state index contributed by atoms with van der Waals surface area (Å²) in [6, 6.07) is 7.13. The third-order valence-corrected chi connectivity index (χ3v) is 4.71. The number of halogens is 1. The van der Waals surface area contributed by atoms with Crippen LogP contribution in [0.3, 0.4) is 0 Å². The fourth-order valence-corrected chi connectivity index (χ4v) is 3.40. The molecule has 0 radical (unpaired) electrons. The minimum absolute atomic E-state index is 0.0123. The highest BCUT2D eigenvalue weighted by Crippen LogP contribution is 2.27. The second-order valence-corrected chi connectivity index (χ2v) is 6.51. The van der Waals surface area contributed by atoms with Crippen LogP contribution in [0.2, 0.25) is 0 Å². The van der Waals surface area contributed by atoms with Gasteiger partial charge in [0.25, 0.3) is 0 Å². The molecule has 1 N–H and O–H groups in total. The average Bonchev–Trinajstić information content (AvgIpc) is 3.10. The summed E-state index contributed by atoms with van der Waals surface area (Å²) in [5.74, 6) is -0.779. The summed E-state index contributed by atoms with van der Waals surface area (Å²) in [5, 5.41) is 13.5. The summed E-state index contributed by atoms with van der Waals surface area (Å²) in [4.78, 5) is 26.7. The molecule has 2 heterocycles. The van der Waals surface area contributed by atoms with E-state index in [1.165, 1.54) is 47.8 Å². The molecule has 3 aromatic rings. The van der Waals surface area contributed by atoms with Gasteiger partial charge in [-0.25, -0.2) is 9.37 Å². The number of aromatic nitrogens is 1. The van der Waals surface area contributed by atoms with Gasteiger partial charge in [-0.1, -0.05) is 22.7 Å². The SMILES string of the molecule is O=C(C=Cc1ccc([N+](=O)[O-])s1)Nc1nc2ccc(F)cc2s1. The number of thiazole rings is 1. The van der Waals surface area contributed by atoms with E-state index < -0.39 is 10.8 Å². The molecule has 0 saturated carbocycles. The number of nitro groups is 1. The van der Waals surface area contributed by atoms with Crippen molar-refractivity contribution in [3.8, 4) is 0 Å². The number of carbonyl (C=O) groups excluding carboxylic acids is 1. The van der Waals surface area contributed by atoms with Crippen molar-refractivity contribution in [2.75, 3.05) is 5.32 Å². The summed E-state index contributed by atoms with van der Waals surface area (Å²) in [6.45, 7) is 0. The van der Waals surface area contributed by atoms with Gasteiger partial charge in [-0.15, -0.1) is 0 Å². The molecule has 116 valence electrons. The van der Waals surface area contributed by atoms with Gasteiger partial charge >= 0.3 is 5.00 Å². The first-order valence-electron chi connectivity index (χ1n) is 6.30. The number of hydrogen-bond donors (Lipinski definition) is 1. The van der Waals surface area contributed by atoms with Crippen LogP contribution >= 0.6 is 22.7 Å². The normalized spacial score (nSPS) is 11.2. The van der Waals surface area contributed by atoms with Crippen LogP contribution in [-0.2, 0) is 4.79 Å². The maximum Gasteiger partial charge on any atom is 0.324 e. The highest BCUT2D eigenvalue weighted by molar-refractivity contribution is 7.22. The summed E-state index contributed by atoms with van der Waals surface area (Å²) < 4.78 is 13.7. The summed E-state index contributed by atoms with van der Waals surface area (Å²) in [6.07, 6.45) is 2.75. The summed E-state index contributed by atoms with van der Waals surface area (Å²) in [7, 11) is 0. The van der Waals surface area contributed by atoms with Crippen LogP contribution < -0.4 is 5.32 Å². The Morgan fingerprint density at radius 2 is 2.13 bits per heavy atom. The van der Waals surface area contributed by atoms with E-state index >= 15 is 0 Å². The Bertz CT molecular complexity index is 932. The number of carbonyl (C=O) groups is 1. The van der Waals surface area contributed by atoms with Gasteiger partial charge in [-0.3, -0.25) is 20.2 Å². The lowest BCUT2D eigenvalue weighted by molar-refractivity contribution is -0.380. The fraction of sp³-hybridized carbons (Fsp3) is 0. The molecular weight excluding hydrogens is 341 g/mol. The van der Waals surface area contributed by atoms with Crippen molar-refractivity contribution >= 4 is 55.0 Å². The molecule has 0 aliphatic carbocycles. The van der Waals surface area contributed by atoms with Gasteiger partial charge in [-0.2, -0.15) is 0 Å². The van der Waals surface area contributed by atoms with Gasteiger partial charge in [0.1, 0.15) is 5.82 Å². The van der Waals surface area contributed by atoms with Gasteiger partial charge in [0, 0.05) is 17.0 Å². The summed E-state index contributed by atoms with van der Waals surface area (Å²) in [5.41, 5.74) is 0.601. The third-order valence-electron chi connectivity index (χ3n) is 2.77. The van der Waals surface area contributed by atoms with E-state index in [1.807, 2.05) is 0 Å². The van der Waals surface area contributed by atoms with E-state index in [9.17, 15) is 19.3 Å². The zero-order valence-corrected chi connectivity index (χ0v) is 13.0. The molecule has 1 amide bonds.